The second-order valence-corrected chi connectivity index (χ2v) is 3.81. The first-order valence-electron chi connectivity index (χ1n) is 5.53. The predicted octanol–water partition coefficient (Wildman–Crippen LogP) is 0.843. The average Bonchev–Trinajstić information content (AvgIpc) is 2.30. The Hall–Kier alpha value is -1.36. The summed E-state index contributed by atoms with van der Waals surface area (Å²) in [5.74, 6) is 0. The molecule has 0 aliphatic carbocycles. The molecule has 0 amide bonds. The molecule has 4 nitrogen and oxygen atoms in total. The minimum atomic E-state index is -0.571. The second kappa shape index (κ2) is 6.54. The summed E-state index contributed by atoms with van der Waals surface area (Å²) in [5, 5.41) is 0. The second-order valence-electron chi connectivity index (χ2n) is 3.81. The van der Waals surface area contributed by atoms with Crippen LogP contribution >= 0.6 is 0 Å². The summed E-state index contributed by atoms with van der Waals surface area (Å²) in [7, 11) is 0. The third-order valence-corrected chi connectivity index (χ3v) is 2.65. The van der Waals surface area contributed by atoms with Crippen molar-refractivity contribution in [3.05, 3.63) is 68.0 Å². The Bertz CT molecular complexity index is 617. The van der Waals surface area contributed by atoms with Crippen LogP contribution in [0.1, 0.15) is 23.7 Å². The van der Waals surface area contributed by atoms with Gasteiger partial charge in [-0.3, -0.25) is 9.59 Å². The van der Waals surface area contributed by atoms with Crippen molar-refractivity contribution in [1.29, 1.82) is 0 Å². The van der Waals surface area contributed by atoms with E-state index < -0.39 is 5.69 Å². The zero-order valence-corrected chi connectivity index (χ0v) is 12.0. The van der Waals surface area contributed by atoms with E-state index in [0.717, 1.165) is 5.56 Å². The van der Waals surface area contributed by atoms with Crippen molar-refractivity contribution in [1.82, 2.24) is 9.97 Å². The van der Waals surface area contributed by atoms with Crippen molar-refractivity contribution in [2.75, 3.05) is 0 Å². The monoisotopic (exact) mass is 426 g/mol. The van der Waals surface area contributed by atoms with Gasteiger partial charge in [0.15, 0.2) is 11.2 Å². The molecule has 0 radical (unpaired) electrons. The van der Waals surface area contributed by atoms with Crippen LogP contribution in [-0.2, 0) is 35.2 Å². The largest absolute Gasteiger partial charge is 1.00 e. The number of benzene rings is 1. The Kier molecular flexibility index (Phi) is 5.34. The van der Waals surface area contributed by atoms with Crippen molar-refractivity contribution in [2.45, 2.75) is 19.8 Å². The number of H-pyrrole nitrogens is 1. The molecule has 0 aliphatic rings. The number of nitrogens with zero attached hydrogens (tertiary/aromatic N) is 1. The number of hydrogen-bond donors (Lipinski definition) is 1. The van der Waals surface area contributed by atoms with Crippen LogP contribution in [0.5, 0.6) is 0 Å². The van der Waals surface area contributed by atoms with Crippen LogP contribution < -0.4 is 16.2 Å². The zero-order valence-electron chi connectivity index (χ0n) is 9.87. The summed E-state index contributed by atoms with van der Waals surface area (Å²) in [5.41, 5.74) is 1.32. The van der Waals surface area contributed by atoms with Crippen molar-refractivity contribution in [3.63, 3.8) is 0 Å². The SMILES string of the molecule is CCc1c(Cc2ccccc2)[n-]c(=O)[nH]c1=O.[Au+]. The molecule has 2 aromatic rings. The molecule has 0 unspecified atom stereocenters. The van der Waals surface area contributed by atoms with Crippen LogP contribution in [0.4, 0.5) is 0 Å². The van der Waals surface area contributed by atoms with E-state index in [-0.39, 0.29) is 27.9 Å². The summed E-state index contributed by atoms with van der Waals surface area (Å²) in [6.45, 7) is 1.88. The predicted molar refractivity (Wildman–Crippen MR) is 65.3 cm³/mol. The van der Waals surface area contributed by atoms with E-state index in [1.807, 2.05) is 37.3 Å². The summed E-state index contributed by atoms with van der Waals surface area (Å²) < 4.78 is 0. The Balaban J connectivity index is 0.00000162. The molecule has 1 N–H and O–H groups in total. The molecule has 0 bridgehead atoms. The Morgan fingerprint density at radius 1 is 1.17 bits per heavy atom. The summed E-state index contributed by atoms with van der Waals surface area (Å²) >= 11 is 0. The molecular weight excluding hydrogens is 413 g/mol. The number of rotatable bonds is 3. The molecule has 0 fully saturated rings. The minimum absolute atomic E-state index is 0. The molecule has 5 heteroatoms. The number of aromatic amines is 1. The number of hydrogen-bond acceptors (Lipinski definition) is 2. The van der Waals surface area contributed by atoms with Gasteiger partial charge in [0.1, 0.15) is 0 Å². The maximum Gasteiger partial charge on any atom is 1.00 e. The van der Waals surface area contributed by atoms with Crippen LogP contribution in [0.25, 0.3) is 0 Å². The van der Waals surface area contributed by atoms with Gasteiger partial charge in [-0.25, -0.2) is 0 Å². The van der Waals surface area contributed by atoms with Gasteiger partial charge in [0, 0.05) is 0 Å². The topological polar surface area (TPSA) is 64.0 Å². The van der Waals surface area contributed by atoms with Gasteiger partial charge >= 0.3 is 22.4 Å². The Morgan fingerprint density at radius 3 is 2.44 bits per heavy atom. The van der Waals surface area contributed by atoms with Gasteiger partial charge in [-0.15, -0.1) is 0 Å². The molecule has 18 heavy (non-hydrogen) atoms. The average molecular weight is 426 g/mol. The van der Waals surface area contributed by atoms with E-state index in [2.05, 4.69) is 9.97 Å². The summed E-state index contributed by atoms with van der Waals surface area (Å²) in [6, 6.07) is 9.67. The van der Waals surface area contributed by atoms with Gasteiger partial charge < -0.3 is 9.97 Å². The van der Waals surface area contributed by atoms with Crippen molar-refractivity contribution in [2.24, 2.45) is 0 Å². The molecular formula is C13H13AuN2O2. The quantitative estimate of drug-likeness (QED) is 0.741. The molecule has 0 saturated carbocycles. The molecule has 98 valence electrons. The van der Waals surface area contributed by atoms with Crippen molar-refractivity contribution >= 4 is 0 Å². The van der Waals surface area contributed by atoms with E-state index in [1.165, 1.54) is 0 Å². The van der Waals surface area contributed by atoms with Gasteiger partial charge in [0.05, 0.1) is 0 Å². The zero-order chi connectivity index (χ0) is 12.3. The molecule has 1 heterocycles. The molecule has 0 aliphatic heterocycles. The fraction of sp³-hybridized carbons (Fsp3) is 0.231. The van der Waals surface area contributed by atoms with Gasteiger partial charge in [-0.2, -0.15) is 0 Å². The van der Waals surface area contributed by atoms with Crippen LogP contribution in [0.15, 0.2) is 39.9 Å². The van der Waals surface area contributed by atoms with Crippen molar-refractivity contribution in [3.8, 4) is 0 Å². The van der Waals surface area contributed by atoms with E-state index in [0.29, 0.717) is 24.1 Å². The first-order chi connectivity index (χ1) is 8.20. The maximum absolute atomic E-state index is 11.6. The summed E-state index contributed by atoms with van der Waals surface area (Å²) in [6.07, 6.45) is 1.09. The van der Waals surface area contributed by atoms with Gasteiger partial charge in [0.2, 0.25) is 0 Å². The standard InChI is InChI=1S/C13H14N2O2.Au/c1-2-10-11(14-13(17)15-12(10)16)8-9-6-4-3-5-7-9;/h3-7H,2,8H2,1H3,(H2,14,15,16,17);/q;+1/p-1. The molecule has 0 atom stereocenters. The van der Waals surface area contributed by atoms with Crippen molar-refractivity contribution < 1.29 is 22.4 Å². The van der Waals surface area contributed by atoms with E-state index >= 15 is 0 Å². The first-order valence-corrected chi connectivity index (χ1v) is 5.53. The minimum Gasteiger partial charge on any atom is -0.404 e. The van der Waals surface area contributed by atoms with Crippen LogP contribution in [0.3, 0.4) is 0 Å². The van der Waals surface area contributed by atoms with Gasteiger partial charge in [-0.05, 0) is 24.0 Å². The third kappa shape index (κ3) is 3.32. The molecule has 0 spiro atoms. The molecule has 1 aromatic heterocycles. The number of aromatic nitrogens is 2. The van der Waals surface area contributed by atoms with Gasteiger partial charge in [-0.1, -0.05) is 42.9 Å². The Morgan fingerprint density at radius 2 is 1.83 bits per heavy atom. The summed E-state index contributed by atoms with van der Waals surface area (Å²) in [4.78, 5) is 28.9. The van der Waals surface area contributed by atoms with Crippen LogP contribution in [0, 0.1) is 0 Å². The van der Waals surface area contributed by atoms with Crippen LogP contribution in [0.2, 0.25) is 0 Å². The van der Waals surface area contributed by atoms with E-state index in [9.17, 15) is 9.59 Å². The van der Waals surface area contributed by atoms with Gasteiger partial charge in [0.25, 0.3) is 0 Å². The molecule has 2 rings (SSSR count). The Labute approximate surface area is 120 Å². The smallest absolute Gasteiger partial charge is 0.404 e. The maximum atomic E-state index is 11.6. The fourth-order valence-electron chi connectivity index (χ4n) is 1.82. The number of nitrogens with one attached hydrogen (secondary N) is 1. The molecule has 1 aromatic carbocycles. The fourth-order valence-corrected chi connectivity index (χ4v) is 1.82. The third-order valence-electron chi connectivity index (χ3n) is 2.65. The van der Waals surface area contributed by atoms with E-state index in [1.54, 1.807) is 0 Å². The normalized spacial score (nSPS) is 9.83. The van der Waals surface area contributed by atoms with Crippen LogP contribution in [-0.4, -0.2) is 4.98 Å². The first kappa shape index (κ1) is 14.7. The van der Waals surface area contributed by atoms with E-state index in [4.69, 9.17) is 0 Å². The molecule has 0 saturated heterocycles.